The lowest BCUT2D eigenvalue weighted by atomic mass is 9.97. The van der Waals surface area contributed by atoms with E-state index in [2.05, 4.69) is 23.3 Å². The number of nitrogens with one attached hydrogen (secondary N) is 2. The minimum Gasteiger partial charge on any atom is -0.378 e. The molecule has 1 amide bonds. The molecule has 3 unspecified atom stereocenters. The Morgan fingerprint density at radius 2 is 1.97 bits per heavy atom. The van der Waals surface area contributed by atoms with E-state index in [-0.39, 0.29) is 24.2 Å². The first-order chi connectivity index (χ1) is 15.4. The highest BCUT2D eigenvalue weighted by molar-refractivity contribution is 5.83. The molecule has 2 aliphatic rings. The second kappa shape index (κ2) is 9.13. The average molecular weight is 433 g/mol. The Kier molecular flexibility index (Phi) is 6.29. The Labute approximate surface area is 188 Å². The maximum Gasteiger partial charge on any atom is 0.238 e. The van der Waals surface area contributed by atoms with Crippen LogP contribution >= 0.6 is 0 Å². The number of nitrogens with zero attached hydrogens (tertiary/aromatic N) is 2. The molecule has 2 fully saturated rings. The maximum atomic E-state index is 14.9. The van der Waals surface area contributed by atoms with Crippen molar-refractivity contribution in [3.8, 4) is 17.2 Å². The number of hydrogen-bond acceptors (Lipinski definition) is 4. The van der Waals surface area contributed by atoms with E-state index in [1.807, 2.05) is 49.3 Å². The number of halogens is 1. The van der Waals surface area contributed by atoms with Crippen LogP contribution in [0.25, 0.3) is 16.8 Å². The van der Waals surface area contributed by atoms with E-state index >= 15 is 0 Å². The zero-order chi connectivity index (χ0) is 22.8. The largest absolute Gasteiger partial charge is 0.378 e. The Morgan fingerprint density at radius 3 is 2.53 bits per heavy atom. The molecule has 1 aliphatic carbocycles. The molecular weight excluding hydrogens is 403 g/mol. The van der Waals surface area contributed by atoms with Crippen molar-refractivity contribution in [3.63, 3.8) is 0 Å². The molecule has 1 saturated heterocycles. The maximum absolute atomic E-state index is 14.9. The third-order valence-electron chi connectivity index (χ3n) is 6.68. The summed E-state index contributed by atoms with van der Waals surface area (Å²) in [6, 6.07) is 14.4. The van der Waals surface area contributed by atoms with Crippen molar-refractivity contribution in [3.05, 3.63) is 66.0 Å². The van der Waals surface area contributed by atoms with Crippen molar-refractivity contribution >= 4 is 11.6 Å². The second-order valence-electron chi connectivity index (χ2n) is 9.03. The van der Waals surface area contributed by atoms with Gasteiger partial charge in [0.15, 0.2) is 0 Å². The molecule has 166 valence electrons. The summed E-state index contributed by atoms with van der Waals surface area (Å²) in [6.45, 7) is 4.05. The van der Waals surface area contributed by atoms with E-state index in [9.17, 15) is 14.4 Å². The van der Waals surface area contributed by atoms with E-state index in [1.54, 1.807) is 6.07 Å². The quantitative estimate of drug-likeness (QED) is 0.700. The molecule has 0 spiro atoms. The predicted octanol–water partition coefficient (Wildman–Crippen LogP) is 3.72. The smallest absolute Gasteiger partial charge is 0.238 e. The molecule has 4 atom stereocenters. The van der Waals surface area contributed by atoms with Crippen LogP contribution in [-0.2, 0) is 11.2 Å². The molecule has 2 aromatic carbocycles. The van der Waals surface area contributed by atoms with Crippen LogP contribution in [0.2, 0.25) is 0 Å². The molecule has 5 nitrogen and oxygen atoms in total. The molecule has 1 aliphatic heterocycles. The highest BCUT2D eigenvalue weighted by Gasteiger charge is 2.43. The lowest BCUT2D eigenvalue weighted by Gasteiger charge is -2.23. The Morgan fingerprint density at radius 1 is 1.25 bits per heavy atom. The molecule has 32 heavy (non-hydrogen) atoms. The number of fused-ring (bicyclic) bond motifs is 2. The van der Waals surface area contributed by atoms with Gasteiger partial charge in [-0.1, -0.05) is 43.0 Å². The average Bonchev–Trinajstić information content (AvgIpc) is 3.43. The minimum atomic E-state index is -0.764. The predicted molar refractivity (Wildman–Crippen MR) is 124 cm³/mol. The SMILES string of the molecule is C=C(c1ccc(-c2ccc(C[C@@H](C#N)NC(=O)C3NC4CCC3C4)c(F)c2)cc1)N(C)C. The molecular formula is C26H29FN4O. The molecule has 6 heteroatoms. The molecule has 1 heterocycles. The fraction of sp³-hybridized carbons (Fsp3) is 0.385. The van der Waals surface area contributed by atoms with Gasteiger partial charge in [-0.25, -0.2) is 4.39 Å². The summed E-state index contributed by atoms with van der Waals surface area (Å²) in [5.41, 5.74) is 3.99. The third kappa shape index (κ3) is 4.53. The van der Waals surface area contributed by atoms with Crippen molar-refractivity contribution < 1.29 is 9.18 Å². The molecule has 0 aromatic heterocycles. The number of benzene rings is 2. The fourth-order valence-electron chi connectivity index (χ4n) is 4.77. The summed E-state index contributed by atoms with van der Waals surface area (Å²) < 4.78 is 14.9. The highest BCUT2D eigenvalue weighted by Crippen LogP contribution is 2.35. The van der Waals surface area contributed by atoms with Crippen molar-refractivity contribution in [1.82, 2.24) is 15.5 Å². The van der Waals surface area contributed by atoms with E-state index < -0.39 is 6.04 Å². The van der Waals surface area contributed by atoms with Crippen molar-refractivity contribution in [2.24, 2.45) is 5.92 Å². The van der Waals surface area contributed by atoms with Crippen LogP contribution in [0.15, 0.2) is 49.0 Å². The topological polar surface area (TPSA) is 68.2 Å². The summed E-state index contributed by atoms with van der Waals surface area (Å²) in [6.07, 6.45) is 3.32. The van der Waals surface area contributed by atoms with E-state index in [4.69, 9.17) is 0 Å². The summed E-state index contributed by atoms with van der Waals surface area (Å²) in [4.78, 5) is 14.6. The number of carbonyl (C=O) groups is 1. The Hall–Kier alpha value is -3.17. The molecule has 2 bridgehead atoms. The van der Waals surface area contributed by atoms with Crippen LogP contribution in [-0.4, -0.2) is 43.0 Å². The number of piperidine rings is 1. The minimum absolute atomic E-state index is 0.136. The highest BCUT2D eigenvalue weighted by atomic mass is 19.1. The van der Waals surface area contributed by atoms with E-state index in [0.29, 0.717) is 17.5 Å². The van der Waals surface area contributed by atoms with Crippen LogP contribution in [0.1, 0.15) is 30.4 Å². The monoisotopic (exact) mass is 432 g/mol. The van der Waals surface area contributed by atoms with Gasteiger partial charge in [-0.05, 0) is 53.5 Å². The van der Waals surface area contributed by atoms with Gasteiger partial charge in [0.25, 0.3) is 0 Å². The third-order valence-corrected chi connectivity index (χ3v) is 6.68. The molecule has 2 N–H and O–H groups in total. The van der Waals surface area contributed by atoms with Gasteiger partial charge in [0, 0.05) is 32.3 Å². The first-order valence-corrected chi connectivity index (χ1v) is 11.1. The van der Waals surface area contributed by atoms with Crippen LogP contribution in [0.3, 0.4) is 0 Å². The zero-order valence-electron chi connectivity index (χ0n) is 18.6. The number of rotatable bonds is 7. The van der Waals surface area contributed by atoms with Crippen LogP contribution in [0, 0.1) is 23.1 Å². The van der Waals surface area contributed by atoms with E-state index in [0.717, 1.165) is 41.6 Å². The standard InChI is InChI=1S/C26H29FN4O/c1-16(31(2)3)17-4-6-18(7-5-17)19-8-9-20(24(27)14-19)12-23(15-28)30-26(32)25-21-10-11-22(13-21)29-25/h4-9,14,21-23,25,29H,1,10-13H2,2-3H3,(H,30,32)/t21?,22?,23-,25?/m0/s1. The summed E-state index contributed by atoms with van der Waals surface area (Å²) >= 11 is 0. The molecule has 0 radical (unpaired) electrons. The van der Waals surface area contributed by atoms with Gasteiger partial charge in [-0.15, -0.1) is 0 Å². The normalized spacial score (nSPS) is 22.2. The Bertz CT molecular complexity index is 1060. The van der Waals surface area contributed by atoms with Crippen LogP contribution in [0.5, 0.6) is 0 Å². The summed E-state index contributed by atoms with van der Waals surface area (Å²) in [7, 11) is 3.88. The first kappa shape index (κ1) is 22.0. The summed E-state index contributed by atoms with van der Waals surface area (Å²) in [5, 5.41) is 15.7. The van der Waals surface area contributed by atoms with Gasteiger partial charge in [-0.2, -0.15) is 5.26 Å². The van der Waals surface area contributed by atoms with Crippen molar-refractivity contribution in [2.45, 2.75) is 43.8 Å². The Balaban J connectivity index is 1.42. The van der Waals surface area contributed by atoms with Crippen LogP contribution in [0.4, 0.5) is 4.39 Å². The van der Waals surface area contributed by atoms with Gasteiger partial charge in [-0.3, -0.25) is 4.79 Å². The van der Waals surface area contributed by atoms with Gasteiger partial charge in [0.2, 0.25) is 5.91 Å². The number of carbonyl (C=O) groups excluding carboxylic acids is 1. The van der Waals surface area contributed by atoms with Gasteiger partial charge >= 0.3 is 0 Å². The summed E-state index contributed by atoms with van der Waals surface area (Å²) in [5.74, 6) is -0.186. The van der Waals surface area contributed by atoms with Crippen molar-refractivity contribution in [2.75, 3.05) is 14.1 Å². The number of nitriles is 1. The van der Waals surface area contributed by atoms with Gasteiger partial charge in [0.05, 0.1) is 12.1 Å². The zero-order valence-corrected chi connectivity index (χ0v) is 18.6. The van der Waals surface area contributed by atoms with Gasteiger partial charge in [0.1, 0.15) is 11.9 Å². The number of hydrogen-bond donors (Lipinski definition) is 2. The fourth-order valence-corrected chi connectivity index (χ4v) is 4.77. The first-order valence-electron chi connectivity index (χ1n) is 11.1. The molecule has 4 rings (SSSR count). The molecule has 1 saturated carbocycles. The second-order valence-corrected chi connectivity index (χ2v) is 9.03. The lowest BCUT2D eigenvalue weighted by molar-refractivity contribution is -0.124. The van der Waals surface area contributed by atoms with Crippen molar-refractivity contribution in [1.29, 1.82) is 5.26 Å². The van der Waals surface area contributed by atoms with Gasteiger partial charge < -0.3 is 15.5 Å². The van der Waals surface area contributed by atoms with E-state index in [1.165, 1.54) is 6.07 Å². The van der Waals surface area contributed by atoms with Crippen LogP contribution < -0.4 is 10.6 Å². The number of amides is 1. The molecule has 2 aromatic rings. The lowest BCUT2D eigenvalue weighted by Crippen LogP contribution is -2.50.